The second-order valence-corrected chi connectivity index (χ2v) is 3.27. The molecule has 0 aliphatic heterocycles. The summed E-state index contributed by atoms with van der Waals surface area (Å²) in [5.74, 6) is 0.644. The van der Waals surface area contributed by atoms with E-state index in [1.54, 1.807) is 19.2 Å². The van der Waals surface area contributed by atoms with Crippen molar-refractivity contribution in [2.45, 2.75) is 6.61 Å². The number of methoxy groups -OCH3 is 1. The normalized spacial score (nSPS) is 10.0. The lowest BCUT2D eigenvalue weighted by molar-refractivity contribution is 0.156. The van der Waals surface area contributed by atoms with E-state index in [1.165, 1.54) is 0 Å². The van der Waals surface area contributed by atoms with Crippen LogP contribution in [0, 0.1) is 11.3 Å². The maximum Gasteiger partial charge on any atom is 0.162 e. The van der Waals surface area contributed by atoms with Crippen LogP contribution < -0.4 is 0 Å². The molecule has 0 saturated heterocycles. The summed E-state index contributed by atoms with van der Waals surface area (Å²) < 4.78 is 10.0. The molecule has 1 heterocycles. The van der Waals surface area contributed by atoms with Gasteiger partial charge in [0.1, 0.15) is 12.3 Å². The Morgan fingerprint density at radius 1 is 1.44 bits per heavy atom. The summed E-state index contributed by atoms with van der Waals surface area (Å²) in [5.41, 5.74) is 2.01. The molecule has 80 valence electrons. The summed E-state index contributed by atoms with van der Waals surface area (Å²) in [6.07, 6.45) is 0. The monoisotopic (exact) mass is 214 g/mol. The van der Waals surface area contributed by atoms with E-state index in [0.29, 0.717) is 23.6 Å². The van der Waals surface area contributed by atoms with Crippen LogP contribution in [0.4, 0.5) is 0 Å². The molecule has 0 fully saturated rings. The van der Waals surface area contributed by atoms with Gasteiger partial charge in [-0.15, -0.1) is 0 Å². The van der Waals surface area contributed by atoms with Crippen molar-refractivity contribution in [3.63, 3.8) is 0 Å². The molecule has 4 nitrogen and oxygen atoms in total. The van der Waals surface area contributed by atoms with E-state index in [4.69, 9.17) is 14.5 Å². The van der Waals surface area contributed by atoms with E-state index in [2.05, 4.69) is 11.2 Å². The fourth-order valence-corrected chi connectivity index (χ4v) is 1.45. The van der Waals surface area contributed by atoms with Crippen LogP contribution >= 0.6 is 0 Å². The van der Waals surface area contributed by atoms with Crippen LogP contribution in [-0.4, -0.2) is 12.3 Å². The topological polar surface area (TPSA) is 59.0 Å². The highest BCUT2D eigenvalue weighted by atomic mass is 16.5. The van der Waals surface area contributed by atoms with Crippen molar-refractivity contribution in [3.8, 4) is 17.3 Å². The molecule has 0 aliphatic rings. The molecule has 0 unspecified atom stereocenters. The van der Waals surface area contributed by atoms with Crippen LogP contribution in [0.1, 0.15) is 11.3 Å². The molecular weight excluding hydrogens is 204 g/mol. The largest absolute Gasteiger partial charge is 0.377 e. The van der Waals surface area contributed by atoms with Gasteiger partial charge >= 0.3 is 0 Å². The summed E-state index contributed by atoms with van der Waals surface area (Å²) in [6.45, 7) is 0.377. The maximum atomic E-state index is 8.96. The van der Waals surface area contributed by atoms with Crippen LogP contribution in [0.2, 0.25) is 0 Å². The first kappa shape index (κ1) is 10.4. The highest BCUT2D eigenvalue weighted by Gasteiger charge is 2.09. The highest BCUT2D eigenvalue weighted by Crippen LogP contribution is 2.22. The first-order valence-electron chi connectivity index (χ1n) is 4.79. The standard InChI is InChI=1S/C12H10N2O2/c1-15-8-10-6-12(14-16-10)11-5-3-2-4-9(11)7-13/h2-6H,8H2,1H3. The number of hydrogen-bond acceptors (Lipinski definition) is 4. The van der Waals surface area contributed by atoms with Crippen LogP contribution in [-0.2, 0) is 11.3 Å². The number of benzene rings is 1. The van der Waals surface area contributed by atoms with E-state index in [1.807, 2.05) is 18.2 Å². The summed E-state index contributed by atoms with van der Waals surface area (Å²) in [6, 6.07) is 11.2. The van der Waals surface area contributed by atoms with Crippen LogP contribution in [0.25, 0.3) is 11.3 Å². The average Bonchev–Trinajstić information content (AvgIpc) is 2.78. The van der Waals surface area contributed by atoms with Gasteiger partial charge in [0.15, 0.2) is 5.76 Å². The molecule has 0 bridgehead atoms. The van der Waals surface area contributed by atoms with Gasteiger partial charge in [0.05, 0.1) is 11.6 Å². The predicted octanol–water partition coefficient (Wildman–Crippen LogP) is 2.36. The van der Waals surface area contributed by atoms with Gasteiger partial charge in [-0.2, -0.15) is 5.26 Å². The third-order valence-electron chi connectivity index (χ3n) is 2.17. The molecule has 0 atom stereocenters. The first-order chi connectivity index (χ1) is 7.85. The van der Waals surface area contributed by atoms with Gasteiger partial charge < -0.3 is 9.26 Å². The minimum atomic E-state index is 0.377. The Morgan fingerprint density at radius 2 is 2.25 bits per heavy atom. The van der Waals surface area contributed by atoms with Gasteiger partial charge in [-0.3, -0.25) is 0 Å². The van der Waals surface area contributed by atoms with Crippen molar-refractivity contribution >= 4 is 0 Å². The van der Waals surface area contributed by atoms with Gasteiger partial charge in [-0.05, 0) is 6.07 Å². The molecule has 2 aromatic rings. The molecule has 2 rings (SSSR count). The molecule has 16 heavy (non-hydrogen) atoms. The van der Waals surface area contributed by atoms with Crippen molar-refractivity contribution in [1.82, 2.24) is 5.16 Å². The number of aromatic nitrogens is 1. The maximum absolute atomic E-state index is 8.96. The van der Waals surface area contributed by atoms with Crippen LogP contribution in [0.3, 0.4) is 0 Å². The Labute approximate surface area is 93.1 Å². The van der Waals surface area contributed by atoms with Gasteiger partial charge in [0, 0.05) is 18.7 Å². The summed E-state index contributed by atoms with van der Waals surface area (Å²) in [7, 11) is 1.59. The minimum absolute atomic E-state index is 0.377. The molecule has 1 aromatic carbocycles. The second kappa shape index (κ2) is 4.60. The number of rotatable bonds is 3. The third kappa shape index (κ3) is 1.95. The molecule has 0 saturated carbocycles. The van der Waals surface area contributed by atoms with Crippen molar-refractivity contribution in [2.75, 3.05) is 7.11 Å². The first-order valence-corrected chi connectivity index (χ1v) is 4.79. The molecule has 1 aromatic heterocycles. The second-order valence-electron chi connectivity index (χ2n) is 3.27. The Morgan fingerprint density at radius 3 is 3.00 bits per heavy atom. The van der Waals surface area contributed by atoms with Gasteiger partial charge in [0.2, 0.25) is 0 Å². The SMILES string of the molecule is COCc1cc(-c2ccccc2C#N)no1. The van der Waals surface area contributed by atoms with Gasteiger partial charge in [-0.1, -0.05) is 23.4 Å². The number of ether oxygens (including phenoxy) is 1. The lowest BCUT2D eigenvalue weighted by Crippen LogP contribution is -1.83. The van der Waals surface area contributed by atoms with E-state index < -0.39 is 0 Å². The quantitative estimate of drug-likeness (QED) is 0.786. The van der Waals surface area contributed by atoms with Gasteiger partial charge in [-0.25, -0.2) is 0 Å². The minimum Gasteiger partial charge on any atom is -0.377 e. The Hall–Kier alpha value is -2.12. The Kier molecular flexibility index (Phi) is 2.99. The predicted molar refractivity (Wildman–Crippen MR) is 57.4 cm³/mol. The lowest BCUT2D eigenvalue weighted by atomic mass is 10.1. The zero-order valence-electron chi connectivity index (χ0n) is 8.80. The molecule has 0 radical (unpaired) electrons. The van der Waals surface area contributed by atoms with E-state index in [0.717, 1.165) is 5.56 Å². The lowest BCUT2D eigenvalue weighted by Gasteiger charge is -1.96. The Bertz CT molecular complexity index is 526. The fraction of sp³-hybridized carbons (Fsp3) is 0.167. The molecule has 0 aliphatic carbocycles. The zero-order chi connectivity index (χ0) is 11.4. The smallest absolute Gasteiger partial charge is 0.162 e. The summed E-state index contributed by atoms with van der Waals surface area (Å²) in [5, 5.41) is 12.9. The van der Waals surface area contributed by atoms with E-state index in [9.17, 15) is 0 Å². The van der Waals surface area contributed by atoms with Crippen molar-refractivity contribution in [2.24, 2.45) is 0 Å². The number of hydrogen-bond donors (Lipinski definition) is 0. The molecule has 0 N–H and O–H groups in total. The van der Waals surface area contributed by atoms with Crippen LogP contribution in [0.15, 0.2) is 34.9 Å². The van der Waals surface area contributed by atoms with E-state index >= 15 is 0 Å². The summed E-state index contributed by atoms with van der Waals surface area (Å²) in [4.78, 5) is 0. The van der Waals surface area contributed by atoms with E-state index in [-0.39, 0.29) is 0 Å². The molecular formula is C12H10N2O2. The number of nitriles is 1. The van der Waals surface area contributed by atoms with Crippen LogP contribution in [0.5, 0.6) is 0 Å². The van der Waals surface area contributed by atoms with Crippen molar-refractivity contribution in [1.29, 1.82) is 5.26 Å². The van der Waals surface area contributed by atoms with Crippen molar-refractivity contribution < 1.29 is 9.26 Å². The molecule has 0 spiro atoms. The summed E-state index contributed by atoms with van der Waals surface area (Å²) >= 11 is 0. The highest BCUT2D eigenvalue weighted by molar-refractivity contribution is 5.66. The average molecular weight is 214 g/mol. The Balaban J connectivity index is 2.39. The fourth-order valence-electron chi connectivity index (χ4n) is 1.45. The van der Waals surface area contributed by atoms with Gasteiger partial charge in [0.25, 0.3) is 0 Å². The molecule has 4 heteroatoms. The van der Waals surface area contributed by atoms with Crippen molar-refractivity contribution in [3.05, 3.63) is 41.7 Å². The molecule has 0 amide bonds. The third-order valence-corrected chi connectivity index (χ3v) is 2.17. The number of nitrogens with zero attached hydrogens (tertiary/aromatic N) is 2. The zero-order valence-corrected chi connectivity index (χ0v) is 8.80.